The molecule has 4 heterocycles. The predicted octanol–water partition coefficient (Wildman–Crippen LogP) is 2.30. The Kier molecular flexibility index (Phi) is 7.87. The average molecular weight is 544 g/mol. The Balaban J connectivity index is 1.33. The van der Waals surface area contributed by atoms with Gasteiger partial charge in [-0.05, 0) is 12.1 Å². The lowest BCUT2D eigenvalue weighted by Gasteiger charge is -2.39. The highest BCUT2D eigenvalue weighted by Gasteiger charge is 2.31. The molecule has 5 rings (SSSR count). The third-order valence-corrected chi connectivity index (χ3v) is 6.81. The number of morpholine rings is 1. The summed E-state index contributed by atoms with van der Waals surface area (Å²) in [4.78, 5) is 42.5. The molecule has 0 radical (unpaired) electrons. The Morgan fingerprint density at radius 2 is 1.85 bits per heavy atom. The highest BCUT2D eigenvalue weighted by atomic mass is 19.3. The van der Waals surface area contributed by atoms with E-state index in [9.17, 15) is 18.4 Å². The Labute approximate surface area is 224 Å². The van der Waals surface area contributed by atoms with Crippen molar-refractivity contribution in [2.75, 3.05) is 65.0 Å². The van der Waals surface area contributed by atoms with Gasteiger partial charge >= 0.3 is 0 Å². The number of para-hydroxylation sites is 2. The molecule has 2 amide bonds. The molecular weight excluding hydrogens is 512 g/mol. The van der Waals surface area contributed by atoms with Crippen LogP contribution >= 0.6 is 0 Å². The fourth-order valence-electron chi connectivity index (χ4n) is 4.60. The Morgan fingerprint density at radius 1 is 1.10 bits per heavy atom. The van der Waals surface area contributed by atoms with E-state index >= 15 is 0 Å². The first-order valence-corrected chi connectivity index (χ1v) is 12.9. The lowest BCUT2D eigenvalue weighted by molar-refractivity contribution is -0.141. The Morgan fingerprint density at radius 3 is 2.56 bits per heavy atom. The number of carbonyl (C=O) groups is 2. The number of rotatable bonds is 9. The van der Waals surface area contributed by atoms with Crippen LogP contribution in [0.15, 0.2) is 30.3 Å². The number of halogens is 2. The SMILES string of the molecule is CN(C)C(=O)CCC(=O)N1CC(COc2cc(-n3c(C(F)F)nc4ccccc43)nc(N3CCOCC3)n2)C1. The first kappa shape index (κ1) is 26.7. The molecule has 2 aromatic heterocycles. The van der Waals surface area contributed by atoms with Crippen LogP contribution in [0.25, 0.3) is 16.9 Å². The molecule has 0 spiro atoms. The normalized spacial score (nSPS) is 16.0. The number of hydrogen-bond acceptors (Lipinski definition) is 8. The van der Waals surface area contributed by atoms with Gasteiger partial charge in [0.2, 0.25) is 23.6 Å². The number of ether oxygens (including phenoxy) is 2. The maximum Gasteiger partial charge on any atom is 0.296 e. The van der Waals surface area contributed by atoms with E-state index in [0.29, 0.717) is 63.0 Å². The number of hydrogen-bond donors (Lipinski definition) is 0. The van der Waals surface area contributed by atoms with E-state index in [-0.39, 0.29) is 42.3 Å². The van der Waals surface area contributed by atoms with E-state index < -0.39 is 12.2 Å². The molecule has 39 heavy (non-hydrogen) atoms. The van der Waals surface area contributed by atoms with Gasteiger partial charge in [0.1, 0.15) is 5.82 Å². The molecule has 1 aromatic carbocycles. The van der Waals surface area contributed by atoms with E-state index in [1.165, 1.54) is 9.47 Å². The molecule has 2 aliphatic rings. The minimum Gasteiger partial charge on any atom is -0.477 e. The minimum absolute atomic E-state index is 0.0631. The zero-order valence-corrected chi connectivity index (χ0v) is 21.9. The third-order valence-electron chi connectivity index (χ3n) is 6.81. The lowest BCUT2D eigenvalue weighted by atomic mass is 10.0. The van der Waals surface area contributed by atoms with Crippen LogP contribution in [0.3, 0.4) is 0 Å². The van der Waals surface area contributed by atoms with Crippen molar-refractivity contribution >= 4 is 28.8 Å². The molecule has 208 valence electrons. The zero-order valence-electron chi connectivity index (χ0n) is 21.9. The number of alkyl halides is 2. The van der Waals surface area contributed by atoms with Gasteiger partial charge in [0, 0.05) is 65.1 Å². The van der Waals surface area contributed by atoms with Crippen LogP contribution in [-0.4, -0.2) is 101 Å². The van der Waals surface area contributed by atoms with Crippen LogP contribution in [-0.2, 0) is 14.3 Å². The second-order valence-electron chi connectivity index (χ2n) is 9.82. The van der Waals surface area contributed by atoms with Crippen molar-refractivity contribution in [3.8, 4) is 11.7 Å². The summed E-state index contributed by atoms with van der Waals surface area (Å²) in [6.45, 7) is 3.47. The standard InChI is InChI=1S/C26H31F2N7O4/c1-32(2)22(36)7-8-23(37)34-14-17(15-34)16-39-21-13-20(30-26(31-21)33-9-11-38-12-10-33)35-19-6-4-3-5-18(19)29-25(35)24(27)28/h3-6,13,17,24H,7-12,14-16H2,1-2H3. The maximum atomic E-state index is 14.0. The van der Waals surface area contributed by atoms with Gasteiger partial charge in [-0.2, -0.15) is 9.97 Å². The topological polar surface area (TPSA) is 106 Å². The number of carbonyl (C=O) groups excluding carboxylic acids is 2. The quantitative estimate of drug-likeness (QED) is 0.405. The Bertz CT molecular complexity index is 1340. The zero-order chi connectivity index (χ0) is 27.5. The van der Waals surface area contributed by atoms with Gasteiger partial charge in [0.15, 0.2) is 5.82 Å². The smallest absolute Gasteiger partial charge is 0.296 e. The maximum absolute atomic E-state index is 14.0. The molecule has 0 aliphatic carbocycles. The van der Waals surface area contributed by atoms with Crippen molar-refractivity contribution in [3.63, 3.8) is 0 Å². The van der Waals surface area contributed by atoms with E-state index in [1.54, 1.807) is 49.3 Å². The second kappa shape index (κ2) is 11.5. The van der Waals surface area contributed by atoms with Crippen LogP contribution < -0.4 is 9.64 Å². The van der Waals surface area contributed by atoms with Crippen LogP contribution in [0.2, 0.25) is 0 Å². The summed E-state index contributed by atoms with van der Waals surface area (Å²) in [6.07, 6.45) is -2.45. The molecule has 2 saturated heterocycles. The fourth-order valence-corrected chi connectivity index (χ4v) is 4.60. The minimum atomic E-state index is -2.81. The summed E-state index contributed by atoms with van der Waals surface area (Å²) < 4.78 is 40.8. The predicted molar refractivity (Wildman–Crippen MR) is 138 cm³/mol. The van der Waals surface area contributed by atoms with E-state index in [0.717, 1.165) is 0 Å². The second-order valence-corrected chi connectivity index (χ2v) is 9.82. The molecule has 2 fully saturated rings. The number of nitrogens with zero attached hydrogens (tertiary/aromatic N) is 7. The fraction of sp³-hybridized carbons (Fsp3) is 0.500. The number of amides is 2. The highest BCUT2D eigenvalue weighted by molar-refractivity contribution is 5.84. The summed E-state index contributed by atoms with van der Waals surface area (Å²) in [7, 11) is 3.33. The first-order chi connectivity index (χ1) is 18.8. The van der Waals surface area contributed by atoms with Crippen LogP contribution in [0.5, 0.6) is 5.88 Å². The van der Waals surface area contributed by atoms with Crippen molar-refractivity contribution in [1.29, 1.82) is 0 Å². The molecule has 3 aromatic rings. The van der Waals surface area contributed by atoms with E-state index in [1.807, 2.05) is 4.90 Å². The van der Waals surface area contributed by atoms with Crippen molar-refractivity contribution < 1.29 is 27.8 Å². The van der Waals surface area contributed by atoms with Crippen molar-refractivity contribution in [2.45, 2.75) is 19.3 Å². The van der Waals surface area contributed by atoms with Gasteiger partial charge in [-0.3, -0.25) is 14.2 Å². The van der Waals surface area contributed by atoms with Crippen LogP contribution in [0.4, 0.5) is 14.7 Å². The molecule has 0 N–H and O–H groups in total. The van der Waals surface area contributed by atoms with Gasteiger partial charge in [-0.25, -0.2) is 13.8 Å². The highest BCUT2D eigenvalue weighted by Crippen LogP contribution is 2.30. The number of imidazole rings is 1. The van der Waals surface area contributed by atoms with Gasteiger partial charge in [-0.15, -0.1) is 0 Å². The third kappa shape index (κ3) is 5.92. The van der Waals surface area contributed by atoms with E-state index in [2.05, 4.69) is 15.0 Å². The summed E-state index contributed by atoms with van der Waals surface area (Å²) in [6, 6.07) is 8.45. The summed E-state index contributed by atoms with van der Waals surface area (Å²) in [5.74, 6) is 0.387. The van der Waals surface area contributed by atoms with Gasteiger partial charge in [-0.1, -0.05) is 12.1 Å². The van der Waals surface area contributed by atoms with Crippen molar-refractivity contribution in [3.05, 3.63) is 36.2 Å². The van der Waals surface area contributed by atoms with Crippen LogP contribution in [0.1, 0.15) is 25.1 Å². The van der Waals surface area contributed by atoms with E-state index in [4.69, 9.17) is 9.47 Å². The molecule has 2 aliphatic heterocycles. The number of benzene rings is 1. The van der Waals surface area contributed by atoms with Crippen LogP contribution in [0, 0.1) is 5.92 Å². The summed E-state index contributed by atoms with van der Waals surface area (Å²) in [5, 5.41) is 0. The molecular formula is C26H31F2N7O4. The lowest BCUT2D eigenvalue weighted by Crippen LogP contribution is -2.52. The number of likely N-dealkylation sites (tertiary alicyclic amines) is 1. The monoisotopic (exact) mass is 543 g/mol. The molecule has 0 unspecified atom stereocenters. The Hall–Kier alpha value is -3.87. The summed E-state index contributed by atoms with van der Waals surface area (Å²) >= 11 is 0. The molecule has 11 nitrogen and oxygen atoms in total. The molecule has 0 bridgehead atoms. The first-order valence-electron chi connectivity index (χ1n) is 12.9. The number of aromatic nitrogens is 4. The molecule has 0 atom stereocenters. The van der Waals surface area contributed by atoms with Crippen molar-refractivity contribution in [2.24, 2.45) is 5.92 Å². The largest absolute Gasteiger partial charge is 0.477 e. The number of fused-ring (bicyclic) bond motifs is 1. The molecule has 0 saturated carbocycles. The average Bonchev–Trinajstić information content (AvgIpc) is 3.31. The van der Waals surface area contributed by atoms with Gasteiger partial charge < -0.3 is 24.2 Å². The van der Waals surface area contributed by atoms with Gasteiger partial charge in [0.25, 0.3) is 6.43 Å². The summed E-state index contributed by atoms with van der Waals surface area (Å²) in [5.41, 5.74) is 0.944. The number of anilines is 1. The van der Waals surface area contributed by atoms with Crippen molar-refractivity contribution in [1.82, 2.24) is 29.3 Å². The molecule has 13 heteroatoms. The van der Waals surface area contributed by atoms with Gasteiger partial charge in [0.05, 0.1) is 30.9 Å².